The number of aromatic nitrogens is 4. The summed E-state index contributed by atoms with van der Waals surface area (Å²) in [6.07, 6.45) is 2.54. The van der Waals surface area contributed by atoms with Gasteiger partial charge in [0.1, 0.15) is 6.07 Å². The highest BCUT2D eigenvalue weighted by atomic mass is 35.5. The van der Waals surface area contributed by atoms with Crippen molar-refractivity contribution in [1.82, 2.24) is 24.5 Å². The van der Waals surface area contributed by atoms with Gasteiger partial charge < -0.3 is 20.3 Å². The number of rotatable bonds is 7. The predicted octanol–water partition coefficient (Wildman–Crippen LogP) is 4.60. The number of ether oxygens (including phenoxy) is 1. The molecular weight excluding hydrogens is 528 g/mol. The lowest BCUT2D eigenvalue weighted by Gasteiger charge is -2.48. The molecule has 2 N–H and O–H groups in total. The maximum atomic E-state index is 14.0. The molecule has 0 amide bonds. The Morgan fingerprint density at radius 2 is 1.92 bits per heavy atom. The van der Waals surface area contributed by atoms with E-state index in [1.807, 2.05) is 0 Å². The molecule has 206 valence electrons. The number of morpholine rings is 1. The summed E-state index contributed by atoms with van der Waals surface area (Å²) in [6.45, 7) is 6.92. The average Bonchev–Trinajstić information content (AvgIpc) is 3.66. The number of fused-ring (bicyclic) bond motifs is 1. The molecule has 4 heterocycles. The molecule has 0 unspecified atom stereocenters. The number of anilines is 4. The molecular formula is C26H30ClF2N9O. The second-order valence-electron chi connectivity index (χ2n) is 10.6. The lowest BCUT2D eigenvalue weighted by molar-refractivity contribution is -0.0248. The summed E-state index contributed by atoms with van der Waals surface area (Å²) in [6, 6.07) is 5.15. The Bertz CT molecular complexity index is 1410. The molecule has 2 aromatic heterocycles. The molecule has 0 bridgehead atoms. The van der Waals surface area contributed by atoms with E-state index in [1.54, 1.807) is 0 Å². The molecule has 2 saturated heterocycles. The van der Waals surface area contributed by atoms with Crippen molar-refractivity contribution in [1.29, 1.82) is 5.26 Å². The fourth-order valence-corrected chi connectivity index (χ4v) is 5.65. The van der Waals surface area contributed by atoms with Crippen molar-refractivity contribution in [3.8, 4) is 6.07 Å². The third-order valence-electron chi connectivity index (χ3n) is 7.92. The number of alkyl halides is 2. The number of nitrogens with one attached hydrogen (secondary N) is 2. The summed E-state index contributed by atoms with van der Waals surface area (Å²) in [5.74, 6) is 0.592. The van der Waals surface area contributed by atoms with E-state index in [1.165, 1.54) is 22.8 Å². The van der Waals surface area contributed by atoms with Crippen LogP contribution in [0.1, 0.15) is 50.3 Å². The Hall–Kier alpha value is -3.27. The van der Waals surface area contributed by atoms with Crippen LogP contribution in [0, 0.1) is 11.3 Å². The number of hydrogen-bond donors (Lipinski definition) is 2. The lowest BCUT2D eigenvalue weighted by atomic mass is 9.87. The molecule has 13 heteroatoms. The summed E-state index contributed by atoms with van der Waals surface area (Å²) in [4.78, 5) is 13.4. The maximum Gasteiger partial charge on any atom is 0.264 e. The van der Waals surface area contributed by atoms with Crippen LogP contribution < -0.4 is 15.5 Å². The van der Waals surface area contributed by atoms with Gasteiger partial charge in [-0.1, -0.05) is 11.6 Å². The van der Waals surface area contributed by atoms with Gasteiger partial charge in [-0.3, -0.25) is 4.90 Å². The van der Waals surface area contributed by atoms with Gasteiger partial charge >= 0.3 is 0 Å². The highest BCUT2D eigenvalue weighted by Gasteiger charge is 2.37. The molecule has 6 rings (SSSR count). The van der Waals surface area contributed by atoms with Gasteiger partial charge in [-0.2, -0.15) is 14.8 Å². The minimum absolute atomic E-state index is 0.0334. The van der Waals surface area contributed by atoms with Crippen molar-refractivity contribution >= 4 is 40.4 Å². The Morgan fingerprint density at radius 1 is 1.18 bits per heavy atom. The van der Waals surface area contributed by atoms with Crippen LogP contribution in [0.2, 0.25) is 5.02 Å². The summed E-state index contributed by atoms with van der Waals surface area (Å²) in [5, 5.41) is 20.6. The number of piperidine rings is 1. The van der Waals surface area contributed by atoms with Crippen molar-refractivity contribution < 1.29 is 13.5 Å². The number of nitriles is 1. The zero-order valence-electron chi connectivity index (χ0n) is 21.6. The van der Waals surface area contributed by atoms with Crippen LogP contribution in [0.5, 0.6) is 0 Å². The summed E-state index contributed by atoms with van der Waals surface area (Å²) in [5.41, 5.74) is 1.38. The Morgan fingerprint density at radius 3 is 2.59 bits per heavy atom. The van der Waals surface area contributed by atoms with E-state index in [0.717, 1.165) is 52.0 Å². The average molecular weight is 558 g/mol. The van der Waals surface area contributed by atoms with Crippen LogP contribution in [-0.2, 0) is 4.74 Å². The van der Waals surface area contributed by atoms with Crippen molar-refractivity contribution in [2.75, 3.05) is 54.9 Å². The van der Waals surface area contributed by atoms with E-state index >= 15 is 0 Å². The molecule has 39 heavy (non-hydrogen) atoms. The number of halogens is 3. The van der Waals surface area contributed by atoms with Crippen LogP contribution >= 0.6 is 11.6 Å². The van der Waals surface area contributed by atoms with Crippen LogP contribution in [-0.4, -0.2) is 75.5 Å². The van der Waals surface area contributed by atoms with E-state index in [-0.39, 0.29) is 34.5 Å². The number of imidazole rings is 1. The minimum Gasteiger partial charge on any atom is -0.379 e. The Kier molecular flexibility index (Phi) is 6.91. The molecule has 0 atom stereocenters. The third-order valence-corrected chi connectivity index (χ3v) is 8.32. The quantitative estimate of drug-likeness (QED) is 0.431. The van der Waals surface area contributed by atoms with Crippen LogP contribution in [0.15, 0.2) is 18.3 Å². The molecule has 3 aromatic rings. The fourth-order valence-electron chi connectivity index (χ4n) is 5.38. The molecule has 1 aromatic carbocycles. The predicted molar refractivity (Wildman–Crippen MR) is 144 cm³/mol. The van der Waals surface area contributed by atoms with Gasteiger partial charge in [0.05, 0.1) is 35.8 Å². The molecule has 3 aliphatic rings. The van der Waals surface area contributed by atoms with E-state index in [0.29, 0.717) is 35.3 Å². The highest BCUT2D eigenvalue weighted by Crippen LogP contribution is 2.41. The first-order valence-corrected chi connectivity index (χ1v) is 13.6. The van der Waals surface area contributed by atoms with Gasteiger partial charge in [0, 0.05) is 43.3 Å². The maximum absolute atomic E-state index is 14.0. The topological polar surface area (TPSA) is 107 Å². The van der Waals surface area contributed by atoms with E-state index < -0.39 is 6.43 Å². The van der Waals surface area contributed by atoms with Gasteiger partial charge in [-0.05, 0) is 44.7 Å². The molecule has 1 saturated carbocycles. The molecule has 1 aliphatic carbocycles. The smallest absolute Gasteiger partial charge is 0.264 e. The van der Waals surface area contributed by atoms with Crippen molar-refractivity contribution in [3.05, 3.63) is 34.6 Å². The Labute approximate surface area is 229 Å². The summed E-state index contributed by atoms with van der Waals surface area (Å²) >= 11 is 6.86. The molecule has 0 spiro atoms. The lowest BCUT2D eigenvalue weighted by Crippen LogP contribution is -2.56. The first kappa shape index (κ1) is 26.0. The van der Waals surface area contributed by atoms with Gasteiger partial charge in [0.2, 0.25) is 5.95 Å². The zero-order valence-corrected chi connectivity index (χ0v) is 22.4. The first-order valence-electron chi connectivity index (χ1n) is 13.2. The zero-order chi connectivity index (χ0) is 27.1. The molecule has 3 fully saturated rings. The van der Waals surface area contributed by atoms with E-state index in [2.05, 4.69) is 48.5 Å². The molecule has 10 nitrogen and oxygen atoms in total. The Balaban J connectivity index is 1.30. The summed E-state index contributed by atoms with van der Waals surface area (Å²) < 4.78 is 34.9. The van der Waals surface area contributed by atoms with Crippen molar-refractivity contribution in [2.24, 2.45) is 0 Å². The second kappa shape index (κ2) is 10.4. The number of nitrogens with zero attached hydrogens (tertiary/aromatic N) is 7. The normalized spacial score (nSPS) is 19.8. The number of benzene rings is 1. The van der Waals surface area contributed by atoms with E-state index in [9.17, 15) is 14.0 Å². The standard InChI is InChI=1S/C26H30ClF2N9O/c1-26(37-8-10-39-11-9-37)4-6-36(7-5-26)20-13-16(22(28)29)12-19(21(20)27)33-25-34-23(32-17-2-3-17)24-31-15-18(14-30)38(24)35-25/h12-13,15,17,22H,2-11H2,1H3,(H2,32,33,34,35). The monoisotopic (exact) mass is 557 g/mol. The van der Waals surface area contributed by atoms with Crippen LogP contribution in [0.4, 0.5) is 31.9 Å². The largest absolute Gasteiger partial charge is 0.379 e. The van der Waals surface area contributed by atoms with Crippen LogP contribution in [0.3, 0.4) is 0 Å². The van der Waals surface area contributed by atoms with Crippen LogP contribution in [0.25, 0.3) is 5.65 Å². The first-order chi connectivity index (χ1) is 18.8. The minimum atomic E-state index is -2.68. The summed E-state index contributed by atoms with van der Waals surface area (Å²) in [7, 11) is 0. The third kappa shape index (κ3) is 5.18. The molecule has 0 radical (unpaired) electrons. The fraction of sp³-hybridized carbons (Fsp3) is 0.538. The number of hydrogen-bond acceptors (Lipinski definition) is 9. The van der Waals surface area contributed by atoms with Gasteiger partial charge in [-0.15, -0.1) is 5.10 Å². The van der Waals surface area contributed by atoms with Crippen molar-refractivity contribution in [3.63, 3.8) is 0 Å². The molecule has 2 aliphatic heterocycles. The SMILES string of the molecule is CC1(N2CCOCC2)CCN(c2cc(C(F)F)cc(Nc3nc(NC4CC4)c4ncc(C#N)n4n3)c2Cl)CC1. The van der Waals surface area contributed by atoms with Crippen molar-refractivity contribution in [2.45, 2.75) is 50.6 Å². The van der Waals surface area contributed by atoms with E-state index in [4.69, 9.17) is 16.3 Å². The van der Waals surface area contributed by atoms with Gasteiger partial charge in [0.25, 0.3) is 6.43 Å². The second-order valence-corrected chi connectivity index (χ2v) is 11.0. The van der Waals surface area contributed by atoms with Gasteiger partial charge in [0.15, 0.2) is 17.2 Å². The highest BCUT2D eigenvalue weighted by molar-refractivity contribution is 6.36. The van der Waals surface area contributed by atoms with Gasteiger partial charge in [-0.25, -0.2) is 13.8 Å².